The van der Waals surface area contributed by atoms with Crippen molar-refractivity contribution in [1.82, 2.24) is 0 Å². The standard InChI is InChI=1S/C19H16P2S2/c22-20(16-9-3-1-4-10-16)15-21(23,17-11-5-2-6-12-17)19-14-8-7-13-18(19)20/h1-14H,15H2. The molecule has 0 radical (unpaired) electrons. The number of fused-ring (bicyclic) bond motifs is 1. The van der Waals surface area contributed by atoms with Gasteiger partial charge in [0.1, 0.15) is 0 Å². The van der Waals surface area contributed by atoms with Crippen molar-refractivity contribution in [3.05, 3.63) is 84.9 Å². The summed E-state index contributed by atoms with van der Waals surface area (Å²) in [6, 6.07) is 26.3. The van der Waals surface area contributed by atoms with Crippen molar-refractivity contribution in [2.75, 3.05) is 5.90 Å². The van der Waals surface area contributed by atoms with Crippen molar-refractivity contribution in [2.45, 2.75) is 0 Å². The van der Waals surface area contributed by atoms with Gasteiger partial charge in [0.2, 0.25) is 0 Å². The first-order chi connectivity index (χ1) is 11.1. The second-order valence-corrected chi connectivity index (χ2v) is 15.6. The van der Waals surface area contributed by atoms with Crippen molar-refractivity contribution in [2.24, 2.45) is 0 Å². The van der Waals surface area contributed by atoms with Crippen LogP contribution in [0.5, 0.6) is 0 Å². The zero-order valence-corrected chi connectivity index (χ0v) is 15.9. The number of benzene rings is 3. The summed E-state index contributed by atoms with van der Waals surface area (Å²) in [6.45, 7) is 0. The van der Waals surface area contributed by atoms with E-state index in [0.717, 1.165) is 5.90 Å². The zero-order valence-electron chi connectivity index (χ0n) is 12.5. The highest BCUT2D eigenvalue weighted by molar-refractivity contribution is 8.34. The molecule has 0 saturated carbocycles. The third-order valence-electron chi connectivity index (χ3n) is 4.40. The average molecular weight is 370 g/mol. The smallest absolute Gasteiger partial charge is 0.0213 e. The van der Waals surface area contributed by atoms with Gasteiger partial charge in [0.25, 0.3) is 0 Å². The maximum absolute atomic E-state index is 6.31. The Labute approximate surface area is 147 Å². The molecule has 0 bridgehead atoms. The Morgan fingerprint density at radius 1 is 0.522 bits per heavy atom. The largest absolute Gasteiger partial charge is 0.0872 e. The fraction of sp³-hybridized carbons (Fsp3) is 0.0526. The predicted molar refractivity (Wildman–Crippen MR) is 111 cm³/mol. The lowest BCUT2D eigenvalue weighted by molar-refractivity contribution is 1.76. The van der Waals surface area contributed by atoms with Crippen LogP contribution in [0.1, 0.15) is 0 Å². The van der Waals surface area contributed by atoms with E-state index in [9.17, 15) is 0 Å². The first kappa shape index (κ1) is 15.5. The van der Waals surface area contributed by atoms with Gasteiger partial charge in [0.05, 0.1) is 0 Å². The fourth-order valence-corrected chi connectivity index (χ4v) is 18.4. The minimum atomic E-state index is -1.82. The van der Waals surface area contributed by atoms with Crippen LogP contribution < -0.4 is 21.2 Å². The molecule has 0 N–H and O–H groups in total. The number of rotatable bonds is 2. The van der Waals surface area contributed by atoms with Gasteiger partial charge < -0.3 is 0 Å². The molecule has 4 rings (SSSR count). The molecule has 0 fully saturated rings. The van der Waals surface area contributed by atoms with E-state index >= 15 is 0 Å². The highest BCUT2D eigenvalue weighted by Gasteiger charge is 2.42. The van der Waals surface area contributed by atoms with Crippen LogP contribution in [0.25, 0.3) is 0 Å². The van der Waals surface area contributed by atoms with Crippen LogP contribution in [0.15, 0.2) is 84.9 Å². The minimum absolute atomic E-state index is 0.956. The summed E-state index contributed by atoms with van der Waals surface area (Å²) in [5.74, 6) is 0.956. The van der Waals surface area contributed by atoms with E-state index in [-0.39, 0.29) is 0 Å². The quantitative estimate of drug-likeness (QED) is 0.633. The zero-order chi connectivity index (χ0) is 15.9. The highest BCUT2D eigenvalue weighted by Crippen LogP contribution is 2.64. The van der Waals surface area contributed by atoms with Crippen molar-refractivity contribution >= 4 is 56.9 Å². The van der Waals surface area contributed by atoms with Gasteiger partial charge in [0, 0.05) is 18.0 Å². The topological polar surface area (TPSA) is 0 Å². The molecule has 4 heteroatoms. The van der Waals surface area contributed by atoms with E-state index in [4.69, 9.17) is 23.6 Å². The van der Waals surface area contributed by atoms with Gasteiger partial charge in [0.15, 0.2) is 0 Å². The Bertz CT molecular complexity index is 871. The van der Waals surface area contributed by atoms with Crippen molar-refractivity contribution in [3.63, 3.8) is 0 Å². The van der Waals surface area contributed by atoms with E-state index in [2.05, 4.69) is 84.9 Å². The highest BCUT2D eigenvalue weighted by atomic mass is 32.5. The van der Waals surface area contributed by atoms with Gasteiger partial charge in [-0.05, 0) is 21.2 Å². The summed E-state index contributed by atoms with van der Waals surface area (Å²) in [4.78, 5) is 0. The average Bonchev–Trinajstić information content (AvgIpc) is 2.87. The van der Waals surface area contributed by atoms with Crippen molar-refractivity contribution < 1.29 is 0 Å². The Morgan fingerprint density at radius 3 is 1.26 bits per heavy atom. The Balaban J connectivity index is 1.99. The second kappa shape index (κ2) is 5.80. The van der Waals surface area contributed by atoms with Crippen LogP contribution in [-0.4, -0.2) is 5.90 Å². The van der Waals surface area contributed by atoms with Crippen molar-refractivity contribution in [1.29, 1.82) is 0 Å². The maximum atomic E-state index is 6.31. The van der Waals surface area contributed by atoms with E-state index in [1.807, 2.05) is 0 Å². The van der Waals surface area contributed by atoms with Gasteiger partial charge in [-0.2, -0.15) is 0 Å². The molecule has 0 spiro atoms. The van der Waals surface area contributed by atoms with E-state index in [1.54, 1.807) is 0 Å². The molecule has 0 aliphatic carbocycles. The summed E-state index contributed by atoms with van der Waals surface area (Å²) >= 11 is 12.6. The molecule has 0 saturated heterocycles. The van der Waals surface area contributed by atoms with Gasteiger partial charge >= 0.3 is 0 Å². The predicted octanol–water partition coefficient (Wildman–Crippen LogP) is 3.52. The van der Waals surface area contributed by atoms with Crippen LogP contribution in [0, 0.1) is 0 Å². The molecule has 2 atom stereocenters. The number of hydrogen-bond acceptors (Lipinski definition) is 2. The molecule has 114 valence electrons. The van der Waals surface area contributed by atoms with Crippen LogP contribution in [0.2, 0.25) is 0 Å². The SMILES string of the molecule is S=P1(c2ccccc2)CP(=S)(c2ccccc2)c2ccccc21. The molecule has 1 heterocycles. The Kier molecular flexibility index (Phi) is 3.90. The normalized spacial score (nSPS) is 25.9. The molecule has 2 unspecified atom stereocenters. The molecule has 1 aliphatic heterocycles. The number of hydrogen-bond donors (Lipinski definition) is 0. The molecule has 23 heavy (non-hydrogen) atoms. The van der Waals surface area contributed by atoms with Gasteiger partial charge in [-0.25, -0.2) is 0 Å². The lowest BCUT2D eigenvalue weighted by atomic mass is 10.4. The first-order valence-electron chi connectivity index (χ1n) is 7.54. The van der Waals surface area contributed by atoms with Crippen LogP contribution in [0.3, 0.4) is 0 Å². The lowest BCUT2D eigenvalue weighted by Gasteiger charge is -2.20. The summed E-state index contributed by atoms with van der Waals surface area (Å²) in [5.41, 5.74) is 0. The summed E-state index contributed by atoms with van der Waals surface area (Å²) in [5, 5.41) is 5.27. The third-order valence-corrected chi connectivity index (χ3v) is 16.9. The molecule has 0 nitrogen and oxygen atoms in total. The third kappa shape index (κ3) is 2.41. The second-order valence-electron chi connectivity index (χ2n) is 5.78. The van der Waals surface area contributed by atoms with E-state index in [0.29, 0.717) is 0 Å². The lowest BCUT2D eigenvalue weighted by Crippen LogP contribution is -2.23. The fourth-order valence-electron chi connectivity index (χ4n) is 3.29. The van der Waals surface area contributed by atoms with Gasteiger partial charge in [-0.15, -0.1) is 0 Å². The first-order valence-corrected chi connectivity index (χ1v) is 13.5. The minimum Gasteiger partial charge on any atom is -0.0872 e. The summed E-state index contributed by atoms with van der Waals surface area (Å²) in [6.07, 6.45) is 0. The Morgan fingerprint density at radius 2 is 0.870 bits per heavy atom. The molecular formula is C19H16P2S2. The van der Waals surface area contributed by atoms with Crippen LogP contribution in [0.4, 0.5) is 0 Å². The van der Waals surface area contributed by atoms with Gasteiger partial charge in [-0.3, -0.25) is 0 Å². The molecule has 3 aromatic carbocycles. The molecular weight excluding hydrogens is 354 g/mol. The van der Waals surface area contributed by atoms with Crippen molar-refractivity contribution in [3.8, 4) is 0 Å². The molecule has 1 aliphatic rings. The molecule has 0 aromatic heterocycles. The van der Waals surface area contributed by atoms with E-state index < -0.39 is 12.1 Å². The monoisotopic (exact) mass is 370 g/mol. The summed E-state index contributed by atoms with van der Waals surface area (Å²) in [7, 11) is 0. The van der Waals surface area contributed by atoms with Crippen LogP contribution in [-0.2, 0) is 23.6 Å². The van der Waals surface area contributed by atoms with Gasteiger partial charge in [-0.1, -0.05) is 109 Å². The molecule has 0 amide bonds. The Hall–Kier alpha value is -1.04. The summed E-state index contributed by atoms with van der Waals surface area (Å²) < 4.78 is 0. The maximum Gasteiger partial charge on any atom is 0.0213 e. The molecule has 3 aromatic rings. The van der Waals surface area contributed by atoms with E-state index in [1.165, 1.54) is 21.2 Å². The van der Waals surface area contributed by atoms with Crippen LogP contribution >= 0.6 is 12.1 Å².